The summed E-state index contributed by atoms with van der Waals surface area (Å²) in [6, 6.07) is 3.22. The number of nitrogens with zero attached hydrogens (tertiary/aromatic N) is 1. The molecule has 0 saturated carbocycles. The predicted octanol–water partition coefficient (Wildman–Crippen LogP) is 2.33. The number of phenols is 1. The van der Waals surface area contributed by atoms with Gasteiger partial charge in [0.15, 0.2) is 0 Å². The van der Waals surface area contributed by atoms with E-state index in [1.165, 1.54) is 12.3 Å². The molecule has 0 aromatic heterocycles. The summed E-state index contributed by atoms with van der Waals surface area (Å²) >= 11 is 0. The molecule has 0 unspecified atom stereocenters. The normalized spacial score (nSPS) is 10.6. The third-order valence-corrected chi connectivity index (χ3v) is 2.07. The highest BCUT2D eigenvalue weighted by atomic mass is 16.5. The molecule has 0 aliphatic rings. The van der Waals surface area contributed by atoms with Gasteiger partial charge in [0.2, 0.25) is 0 Å². The Hall–Kier alpha value is -1.97. The van der Waals surface area contributed by atoms with Crippen molar-refractivity contribution in [2.24, 2.45) is 5.16 Å². The smallest absolute Gasteiger partial charge is 0.128 e. The van der Waals surface area contributed by atoms with Crippen LogP contribution in [0.25, 0.3) is 0 Å². The first kappa shape index (κ1) is 12.1. The lowest BCUT2D eigenvalue weighted by Crippen LogP contribution is -1.98. The molecular weight excluding hydrogens is 206 g/mol. The third-order valence-electron chi connectivity index (χ3n) is 2.07. The van der Waals surface area contributed by atoms with Crippen LogP contribution in [0.15, 0.2) is 29.9 Å². The van der Waals surface area contributed by atoms with E-state index in [9.17, 15) is 5.11 Å². The molecule has 1 aromatic carbocycles. The fourth-order valence-electron chi connectivity index (χ4n) is 1.40. The Labute approximate surface area is 94.5 Å². The van der Waals surface area contributed by atoms with E-state index in [2.05, 4.69) is 11.7 Å². The molecule has 1 aromatic rings. The summed E-state index contributed by atoms with van der Waals surface area (Å²) in [6.07, 6.45) is 3.55. The standard InChI is InChI=1S/C12H15NO3/c1-3-5-9-6-10(8-13-15)11(14)7-12(9)16-4-2/h3,6-8,14-15H,1,4-5H2,2H3. The van der Waals surface area contributed by atoms with Crippen LogP contribution in [0.4, 0.5) is 0 Å². The highest BCUT2D eigenvalue weighted by Gasteiger charge is 2.08. The monoisotopic (exact) mass is 221 g/mol. The van der Waals surface area contributed by atoms with Gasteiger partial charge in [-0.2, -0.15) is 0 Å². The van der Waals surface area contributed by atoms with Gasteiger partial charge in [0.1, 0.15) is 11.5 Å². The Morgan fingerprint density at radius 3 is 2.81 bits per heavy atom. The number of rotatable bonds is 5. The van der Waals surface area contributed by atoms with Crippen molar-refractivity contribution in [3.8, 4) is 11.5 Å². The summed E-state index contributed by atoms with van der Waals surface area (Å²) < 4.78 is 5.39. The van der Waals surface area contributed by atoms with Crippen LogP contribution >= 0.6 is 0 Å². The molecule has 0 aliphatic heterocycles. The minimum absolute atomic E-state index is 0.0223. The number of aromatic hydroxyl groups is 1. The van der Waals surface area contributed by atoms with Crippen molar-refractivity contribution < 1.29 is 15.1 Å². The lowest BCUT2D eigenvalue weighted by atomic mass is 10.1. The van der Waals surface area contributed by atoms with Crippen LogP contribution in [0.3, 0.4) is 0 Å². The quantitative estimate of drug-likeness (QED) is 0.347. The van der Waals surface area contributed by atoms with Crippen LogP contribution < -0.4 is 4.74 Å². The average molecular weight is 221 g/mol. The van der Waals surface area contributed by atoms with Gasteiger partial charge < -0.3 is 15.1 Å². The molecule has 0 saturated heterocycles. The molecule has 0 aliphatic carbocycles. The zero-order valence-electron chi connectivity index (χ0n) is 9.18. The maximum absolute atomic E-state index is 9.63. The molecule has 16 heavy (non-hydrogen) atoms. The van der Waals surface area contributed by atoms with Crippen LogP contribution in [0.1, 0.15) is 18.1 Å². The van der Waals surface area contributed by atoms with Crippen molar-refractivity contribution in [1.29, 1.82) is 0 Å². The number of benzene rings is 1. The summed E-state index contributed by atoms with van der Waals surface area (Å²) in [5.41, 5.74) is 1.34. The Balaban J connectivity index is 3.18. The van der Waals surface area contributed by atoms with Crippen LogP contribution in [-0.4, -0.2) is 23.1 Å². The average Bonchev–Trinajstić information content (AvgIpc) is 2.25. The highest BCUT2D eigenvalue weighted by molar-refractivity contribution is 5.83. The van der Waals surface area contributed by atoms with E-state index < -0.39 is 0 Å². The zero-order chi connectivity index (χ0) is 12.0. The molecule has 4 nitrogen and oxygen atoms in total. The molecular formula is C12H15NO3. The van der Waals surface area contributed by atoms with Crippen molar-refractivity contribution in [3.05, 3.63) is 35.9 Å². The molecule has 0 fully saturated rings. The second-order valence-electron chi connectivity index (χ2n) is 3.19. The minimum atomic E-state index is 0.0223. The molecule has 0 atom stereocenters. The lowest BCUT2D eigenvalue weighted by Gasteiger charge is -2.10. The van der Waals surface area contributed by atoms with Gasteiger partial charge in [-0.1, -0.05) is 11.2 Å². The fourth-order valence-corrected chi connectivity index (χ4v) is 1.40. The van der Waals surface area contributed by atoms with Gasteiger partial charge in [-0.3, -0.25) is 0 Å². The topological polar surface area (TPSA) is 62.1 Å². The number of hydrogen-bond acceptors (Lipinski definition) is 4. The number of phenolic OH excluding ortho intramolecular Hbond substituents is 1. The van der Waals surface area contributed by atoms with E-state index in [1.54, 1.807) is 12.1 Å². The zero-order valence-corrected chi connectivity index (χ0v) is 9.18. The Morgan fingerprint density at radius 1 is 1.50 bits per heavy atom. The predicted molar refractivity (Wildman–Crippen MR) is 62.6 cm³/mol. The molecule has 1 rings (SSSR count). The van der Waals surface area contributed by atoms with Crippen LogP contribution in [-0.2, 0) is 6.42 Å². The van der Waals surface area contributed by atoms with Crippen molar-refractivity contribution >= 4 is 6.21 Å². The van der Waals surface area contributed by atoms with Crippen LogP contribution in [0, 0.1) is 0 Å². The van der Waals surface area contributed by atoms with E-state index in [-0.39, 0.29) is 5.75 Å². The van der Waals surface area contributed by atoms with Crippen molar-refractivity contribution in [1.82, 2.24) is 0 Å². The maximum Gasteiger partial charge on any atom is 0.128 e. The van der Waals surface area contributed by atoms with E-state index in [1.807, 2.05) is 6.92 Å². The third kappa shape index (κ3) is 2.76. The molecule has 86 valence electrons. The second kappa shape index (κ2) is 5.80. The minimum Gasteiger partial charge on any atom is -0.507 e. The SMILES string of the molecule is C=CCc1cc(C=NO)c(O)cc1OCC. The Morgan fingerprint density at radius 2 is 2.25 bits per heavy atom. The second-order valence-corrected chi connectivity index (χ2v) is 3.19. The Kier molecular flexibility index (Phi) is 4.39. The molecule has 0 radical (unpaired) electrons. The first-order valence-corrected chi connectivity index (χ1v) is 5.00. The molecule has 0 amide bonds. The van der Waals surface area contributed by atoms with Gasteiger partial charge in [0.05, 0.1) is 12.8 Å². The summed E-state index contributed by atoms with van der Waals surface area (Å²) in [7, 11) is 0. The highest BCUT2D eigenvalue weighted by Crippen LogP contribution is 2.28. The summed E-state index contributed by atoms with van der Waals surface area (Å²) in [4.78, 5) is 0. The van der Waals surface area contributed by atoms with Gasteiger partial charge in [-0.15, -0.1) is 6.58 Å². The molecule has 4 heteroatoms. The van der Waals surface area contributed by atoms with Gasteiger partial charge in [-0.05, 0) is 25.0 Å². The summed E-state index contributed by atoms with van der Waals surface area (Å²) in [6.45, 7) is 6.05. The largest absolute Gasteiger partial charge is 0.507 e. The molecule has 2 N–H and O–H groups in total. The van der Waals surface area contributed by atoms with Crippen LogP contribution in [0.5, 0.6) is 11.5 Å². The van der Waals surface area contributed by atoms with E-state index in [4.69, 9.17) is 9.94 Å². The number of hydrogen-bond donors (Lipinski definition) is 2. The first-order chi connectivity index (χ1) is 7.72. The first-order valence-electron chi connectivity index (χ1n) is 5.00. The van der Waals surface area contributed by atoms with E-state index in [0.29, 0.717) is 24.3 Å². The van der Waals surface area contributed by atoms with Crippen molar-refractivity contribution in [3.63, 3.8) is 0 Å². The van der Waals surface area contributed by atoms with Gasteiger partial charge >= 0.3 is 0 Å². The van der Waals surface area contributed by atoms with E-state index in [0.717, 1.165) is 5.56 Å². The lowest BCUT2D eigenvalue weighted by molar-refractivity contribution is 0.321. The van der Waals surface area contributed by atoms with Crippen molar-refractivity contribution in [2.45, 2.75) is 13.3 Å². The fraction of sp³-hybridized carbons (Fsp3) is 0.250. The van der Waals surface area contributed by atoms with Gasteiger partial charge in [0, 0.05) is 11.6 Å². The van der Waals surface area contributed by atoms with Crippen molar-refractivity contribution in [2.75, 3.05) is 6.61 Å². The number of allylic oxidation sites excluding steroid dienone is 1. The summed E-state index contributed by atoms with van der Waals surface area (Å²) in [5, 5.41) is 21.0. The Bertz CT molecular complexity index is 399. The molecule has 0 heterocycles. The van der Waals surface area contributed by atoms with Gasteiger partial charge in [0.25, 0.3) is 0 Å². The molecule has 0 spiro atoms. The number of oxime groups is 1. The van der Waals surface area contributed by atoms with E-state index >= 15 is 0 Å². The maximum atomic E-state index is 9.63. The van der Waals surface area contributed by atoms with Crippen LogP contribution in [0.2, 0.25) is 0 Å². The van der Waals surface area contributed by atoms with Gasteiger partial charge in [-0.25, -0.2) is 0 Å². The molecule has 0 bridgehead atoms. The number of ether oxygens (including phenoxy) is 1. The summed E-state index contributed by atoms with van der Waals surface area (Å²) in [5.74, 6) is 0.643.